The molecule has 1 heteroatoms. The predicted molar refractivity (Wildman–Crippen MR) is 40.5 cm³/mol. The van der Waals surface area contributed by atoms with E-state index in [1.165, 1.54) is 19.3 Å². The van der Waals surface area contributed by atoms with Crippen molar-refractivity contribution in [2.24, 2.45) is 5.92 Å². The second-order valence-corrected chi connectivity index (χ2v) is 3.41. The van der Waals surface area contributed by atoms with Crippen LogP contribution in [0.25, 0.3) is 0 Å². The van der Waals surface area contributed by atoms with Crippen LogP contribution in [0.2, 0.25) is 0 Å². The average molecular weight is 127 g/mol. The Bertz CT molecular complexity index is 87.2. The Morgan fingerprint density at radius 2 is 1.89 bits per heavy atom. The predicted octanol–water partition coefficient (Wildman–Crippen LogP) is 1.78. The van der Waals surface area contributed by atoms with Crippen molar-refractivity contribution in [1.29, 1.82) is 0 Å². The fourth-order valence-electron chi connectivity index (χ4n) is 1.67. The summed E-state index contributed by atoms with van der Waals surface area (Å²) in [5.41, 5.74) is 0.514. The van der Waals surface area contributed by atoms with Crippen LogP contribution in [-0.2, 0) is 0 Å². The lowest BCUT2D eigenvalue weighted by molar-refractivity contribution is 0.134. The van der Waals surface area contributed by atoms with Crippen molar-refractivity contribution >= 4 is 0 Å². The van der Waals surface area contributed by atoms with Crippen LogP contribution < -0.4 is 5.32 Å². The first-order valence-corrected chi connectivity index (χ1v) is 3.90. The summed E-state index contributed by atoms with van der Waals surface area (Å²) >= 11 is 0. The summed E-state index contributed by atoms with van der Waals surface area (Å²) in [6, 6.07) is 0. The summed E-state index contributed by atoms with van der Waals surface area (Å²) in [6.07, 6.45) is 4.17. The molecule has 1 saturated carbocycles. The summed E-state index contributed by atoms with van der Waals surface area (Å²) in [7, 11) is 2.08. The topological polar surface area (TPSA) is 12.0 Å². The van der Waals surface area contributed by atoms with Crippen LogP contribution in [0.3, 0.4) is 0 Å². The normalized spacial score (nSPS) is 24.0. The third-order valence-electron chi connectivity index (χ3n) is 2.85. The molecule has 1 N–H and O–H groups in total. The Balaban J connectivity index is 2.46. The number of rotatable bonds is 2. The first-order valence-electron chi connectivity index (χ1n) is 3.90. The molecule has 0 aromatic heterocycles. The van der Waals surface area contributed by atoms with Crippen molar-refractivity contribution in [3.8, 4) is 0 Å². The summed E-state index contributed by atoms with van der Waals surface area (Å²) in [6.45, 7) is 4.60. The molecular formula is C8H17N. The molecular weight excluding hydrogens is 110 g/mol. The van der Waals surface area contributed by atoms with Gasteiger partial charge in [0, 0.05) is 5.54 Å². The molecule has 0 spiro atoms. The minimum atomic E-state index is 0.514. The van der Waals surface area contributed by atoms with E-state index in [-0.39, 0.29) is 0 Å². The smallest absolute Gasteiger partial charge is 0.0201 e. The second kappa shape index (κ2) is 2.30. The molecule has 0 bridgehead atoms. The quantitative estimate of drug-likeness (QED) is 0.596. The molecule has 54 valence electrons. The minimum absolute atomic E-state index is 0.514. The summed E-state index contributed by atoms with van der Waals surface area (Å²) in [5, 5.41) is 3.41. The lowest BCUT2D eigenvalue weighted by Gasteiger charge is -2.45. The summed E-state index contributed by atoms with van der Waals surface area (Å²) < 4.78 is 0. The van der Waals surface area contributed by atoms with Gasteiger partial charge in [-0.3, -0.25) is 0 Å². The van der Waals surface area contributed by atoms with E-state index in [2.05, 4.69) is 26.2 Å². The van der Waals surface area contributed by atoms with Crippen LogP contribution in [0.4, 0.5) is 0 Å². The third kappa shape index (κ3) is 0.983. The average Bonchev–Trinajstić information content (AvgIpc) is 1.62. The van der Waals surface area contributed by atoms with Gasteiger partial charge in [0.25, 0.3) is 0 Å². The molecule has 0 aromatic rings. The molecule has 0 amide bonds. The van der Waals surface area contributed by atoms with Gasteiger partial charge in [-0.15, -0.1) is 0 Å². The van der Waals surface area contributed by atoms with Gasteiger partial charge < -0.3 is 5.32 Å². The highest BCUT2D eigenvalue weighted by Crippen LogP contribution is 2.37. The van der Waals surface area contributed by atoms with Crippen molar-refractivity contribution < 1.29 is 0 Å². The zero-order valence-electron chi connectivity index (χ0n) is 6.70. The first kappa shape index (κ1) is 7.07. The van der Waals surface area contributed by atoms with Crippen molar-refractivity contribution in [3.63, 3.8) is 0 Å². The number of nitrogens with one attached hydrogen (secondary N) is 1. The van der Waals surface area contributed by atoms with Gasteiger partial charge >= 0.3 is 0 Å². The van der Waals surface area contributed by atoms with E-state index in [1.54, 1.807) is 0 Å². The van der Waals surface area contributed by atoms with E-state index in [0.717, 1.165) is 5.92 Å². The van der Waals surface area contributed by atoms with Crippen LogP contribution in [0.1, 0.15) is 33.1 Å². The zero-order chi connectivity index (χ0) is 6.91. The highest BCUT2D eigenvalue weighted by atomic mass is 15.0. The van der Waals surface area contributed by atoms with Crippen LogP contribution in [0.5, 0.6) is 0 Å². The maximum absolute atomic E-state index is 3.41. The third-order valence-corrected chi connectivity index (χ3v) is 2.85. The van der Waals surface area contributed by atoms with Crippen LogP contribution >= 0.6 is 0 Å². The molecule has 0 aromatic carbocycles. The van der Waals surface area contributed by atoms with E-state index in [4.69, 9.17) is 0 Å². The SMILES string of the molecule is CNC1(C(C)C)CCC1. The molecule has 1 nitrogen and oxygen atoms in total. The number of hydrogen-bond donors (Lipinski definition) is 1. The minimum Gasteiger partial charge on any atom is -0.314 e. The summed E-state index contributed by atoms with van der Waals surface area (Å²) in [4.78, 5) is 0. The van der Waals surface area contributed by atoms with Crippen LogP contribution in [-0.4, -0.2) is 12.6 Å². The molecule has 1 aliphatic rings. The Morgan fingerprint density at radius 3 is 1.89 bits per heavy atom. The monoisotopic (exact) mass is 127 g/mol. The van der Waals surface area contributed by atoms with Crippen molar-refractivity contribution in [2.75, 3.05) is 7.05 Å². The van der Waals surface area contributed by atoms with Gasteiger partial charge in [0.2, 0.25) is 0 Å². The first-order chi connectivity index (χ1) is 4.21. The maximum Gasteiger partial charge on any atom is 0.0201 e. The van der Waals surface area contributed by atoms with Crippen LogP contribution in [0, 0.1) is 5.92 Å². The van der Waals surface area contributed by atoms with Gasteiger partial charge in [0.05, 0.1) is 0 Å². The Hall–Kier alpha value is -0.0400. The largest absolute Gasteiger partial charge is 0.314 e. The van der Waals surface area contributed by atoms with E-state index < -0.39 is 0 Å². The second-order valence-electron chi connectivity index (χ2n) is 3.41. The highest BCUT2D eigenvalue weighted by molar-refractivity contribution is 4.96. The van der Waals surface area contributed by atoms with E-state index in [0.29, 0.717) is 5.54 Å². The van der Waals surface area contributed by atoms with E-state index in [9.17, 15) is 0 Å². The highest BCUT2D eigenvalue weighted by Gasteiger charge is 2.37. The number of hydrogen-bond acceptors (Lipinski definition) is 1. The van der Waals surface area contributed by atoms with Gasteiger partial charge in [0.1, 0.15) is 0 Å². The molecule has 1 aliphatic carbocycles. The van der Waals surface area contributed by atoms with Gasteiger partial charge in [0.15, 0.2) is 0 Å². The van der Waals surface area contributed by atoms with E-state index in [1.807, 2.05) is 0 Å². The molecule has 0 heterocycles. The molecule has 9 heavy (non-hydrogen) atoms. The van der Waals surface area contributed by atoms with Gasteiger partial charge in [-0.2, -0.15) is 0 Å². The molecule has 0 aliphatic heterocycles. The Morgan fingerprint density at radius 1 is 1.33 bits per heavy atom. The van der Waals surface area contributed by atoms with Crippen LogP contribution in [0.15, 0.2) is 0 Å². The van der Waals surface area contributed by atoms with Gasteiger partial charge in [-0.25, -0.2) is 0 Å². The maximum atomic E-state index is 3.41. The molecule has 0 unspecified atom stereocenters. The fourth-order valence-corrected chi connectivity index (χ4v) is 1.67. The van der Waals surface area contributed by atoms with Crippen molar-refractivity contribution in [1.82, 2.24) is 5.32 Å². The van der Waals surface area contributed by atoms with Gasteiger partial charge in [-0.05, 0) is 32.2 Å². The van der Waals surface area contributed by atoms with Crippen molar-refractivity contribution in [3.05, 3.63) is 0 Å². The van der Waals surface area contributed by atoms with Crippen molar-refractivity contribution in [2.45, 2.75) is 38.6 Å². The Labute approximate surface area is 57.8 Å². The van der Waals surface area contributed by atoms with E-state index >= 15 is 0 Å². The summed E-state index contributed by atoms with van der Waals surface area (Å²) in [5.74, 6) is 0.802. The standard InChI is InChI=1S/C8H17N/c1-7(2)8(9-3)5-4-6-8/h7,9H,4-6H2,1-3H3. The molecule has 0 atom stereocenters. The lowest BCUT2D eigenvalue weighted by Crippen LogP contribution is -2.53. The molecule has 1 fully saturated rings. The van der Waals surface area contributed by atoms with Gasteiger partial charge in [-0.1, -0.05) is 13.8 Å². The lowest BCUT2D eigenvalue weighted by atomic mass is 9.69. The molecule has 0 radical (unpaired) electrons. The molecule has 0 saturated heterocycles. The Kier molecular flexibility index (Phi) is 1.80. The zero-order valence-corrected chi connectivity index (χ0v) is 6.70. The molecule has 1 rings (SSSR count). The fraction of sp³-hybridized carbons (Fsp3) is 1.00.